The SMILES string of the molecule is CCNc1nc(C)c([N+](=O)[O-])c(NCC(O)C(C)C)n1. The second kappa shape index (κ2) is 6.99. The van der Waals surface area contributed by atoms with E-state index in [4.69, 9.17) is 0 Å². The molecule has 8 nitrogen and oxygen atoms in total. The van der Waals surface area contributed by atoms with Gasteiger partial charge in [0.15, 0.2) is 0 Å². The Balaban J connectivity index is 3.03. The number of hydrogen-bond acceptors (Lipinski definition) is 7. The van der Waals surface area contributed by atoms with Gasteiger partial charge in [0.2, 0.25) is 11.8 Å². The molecule has 0 saturated carbocycles. The molecule has 0 radical (unpaired) electrons. The molecule has 0 amide bonds. The van der Waals surface area contributed by atoms with E-state index in [0.717, 1.165) is 0 Å². The fourth-order valence-electron chi connectivity index (χ4n) is 1.58. The van der Waals surface area contributed by atoms with Gasteiger partial charge < -0.3 is 15.7 Å². The van der Waals surface area contributed by atoms with Gasteiger partial charge in [0.25, 0.3) is 0 Å². The second-order valence-electron chi connectivity index (χ2n) is 4.81. The molecule has 20 heavy (non-hydrogen) atoms. The van der Waals surface area contributed by atoms with Crippen LogP contribution in [-0.2, 0) is 0 Å². The van der Waals surface area contributed by atoms with Crippen molar-refractivity contribution in [3.05, 3.63) is 15.8 Å². The summed E-state index contributed by atoms with van der Waals surface area (Å²) in [5, 5.41) is 26.6. The van der Waals surface area contributed by atoms with Gasteiger partial charge in [-0.15, -0.1) is 0 Å². The molecular formula is C12H21N5O3. The van der Waals surface area contributed by atoms with Crippen molar-refractivity contribution < 1.29 is 10.0 Å². The summed E-state index contributed by atoms with van der Waals surface area (Å²) < 4.78 is 0. The first-order valence-electron chi connectivity index (χ1n) is 6.55. The molecule has 1 aromatic rings. The molecule has 1 unspecified atom stereocenters. The van der Waals surface area contributed by atoms with Crippen molar-refractivity contribution in [2.24, 2.45) is 5.92 Å². The highest BCUT2D eigenvalue weighted by Crippen LogP contribution is 2.26. The predicted octanol–water partition coefficient (Wildman–Crippen LogP) is 1.55. The quantitative estimate of drug-likeness (QED) is 0.514. The zero-order valence-corrected chi connectivity index (χ0v) is 12.2. The highest BCUT2D eigenvalue weighted by molar-refractivity contribution is 5.60. The maximum atomic E-state index is 11.1. The van der Waals surface area contributed by atoms with E-state index in [1.165, 1.54) is 0 Å². The standard InChI is InChI=1S/C12H21N5O3/c1-5-13-12-15-8(4)10(17(19)20)11(16-12)14-6-9(18)7(2)3/h7,9,18H,5-6H2,1-4H3,(H2,13,14,15,16). The van der Waals surface area contributed by atoms with Gasteiger partial charge >= 0.3 is 5.69 Å². The highest BCUT2D eigenvalue weighted by Gasteiger charge is 2.22. The minimum atomic E-state index is -0.604. The van der Waals surface area contributed by atoms with E-state index in [2.05, 4.69) is 20.6 Å². The predicted molar refractivity (Wildman–Crippen MR) is 76.9 cm³/mol. The number of aryl methyl sites for hydroxylation is 1. The lowest BCUT2D eigenvalue weighted by Crippen LogP contribution is -2.25. The van der Waals surface area contributed by atoms with Crippen LogP contribution in [0, 0.1) is 23.0 Å². The first-order chi connectivity index (χ1) is 9.36. The Morgan fingerprint density at radius 2 is 2.00 bits per heavy atom. The molecule has 112 valence electrons. The Morgan fingerprint density at radius 1 is 1.35 bits per heavy atom. The van der Waals surface area contributed by atoms with Crippen molar-refractivity contribution in [3.8, 4) is 0 Å². The van der Waals surface area contributed by atoms with E-state index in [1.807, 2.05) is 20.8 Å². The van der Waals surface area contributed by atoms with E-state index in [-0.39, 0.29) is 29.7 Å². The van der Waals surface area contributed by atoms with Gasteiger partial charge in [-0.2, -0.15) is 4.98 Å². The van der Waals surface area contributed by atoms with E-state index in [0.29, 0.717) is 12.5 Å². The molecule has 0 saturated heterocycles. The molecule has 3 N–H and O–H groups in total. The molecule has 0 bridgehead atoms. The van der Waals surface area contributed by atoms with E-state index in [9.17, 15) is 15.2 Å². The molecule has 0 spiro atoms. The summed E-state index contributed by atoms with van der Waals surface area (Å²) in [4.78, 5) is 18.7. The maximum Gasteiger partial charge on any atom is 0.332 e. The third-order valence-electron chi connectivity index (χ3n) is 2.82. The Kier molecular flexibility index (Phi) is 5.63. The largest absolute Gasteiger partial charge is 0.391 e. The molecule has 0 aliphatic carbocycles. The molecule has 1 atom stereocenters. The molecule has 0 aliphatic heterocycles. The summed E-state index contributed by atoms with van der Waals surface area (Å²) in [5.74, 6) is 0.507. The number of aliphatic hydroxyl groups is 1. The van der Waals surface area contributed by atoms with Crippen molar-refractivity contribution in [2.75, 3.05) is 23.7 Å². The zero-order valence-electron chi connectivity index (χ0n) is 12.2. The first-order valence-corrected chi connectivity index (χ1v) is 6.55. The van der Waals surface area contributed by atoms with Crippen LogP contribution >= 0.6 is 0 Å². The summed E-state index contributed by atoms with van der Waals surface area (Å²) in [6.45, 7) is 8.00. The molecule has 0 aliphatic rings. The van der Waals surface area contributed by atoms with Crippen LogP contribution in [0.25, 0.3) is 0 Å². The van der Waals surface area contributed by atoms with Crippen LogP contribution in [0.3, 0.4) is 0 Å². The topological polar surface area (TPSA) is 113 Å². The summed E-state index contributed by atoms with van der Waals surface area (Å²) in [6, 6.07) is 0. The first kappa shape index (κ1) is 16.1. The normalized spacial score (nSPS) is 12.3. The van der Waals surface area contributed by atoms with E-state index < -0.39 is 11.0 Å². The number of aliphatic hydroxyl groups excluding tert-OH is 1. The highest BCUT2D eigenvalue weighted by atomic mass is 16.6. The molecule has 1 rings (SSSR count). The third kappa shape index (κ3) is 4.02. The smallest absolute Gasteiger partial charge is 0.332 e. The van der Waals surface area contributed by atoms with E-state index in [1.54, 1.807) is 6.92 Å². The van der Waals surface area contributed by atoms with Crippen molar-refractivity contribution in [1.29, 1.82) is 0 Å². The summed E-state index contributed by atoms with van der Waals surface area (Å²) in [7, 11) is 0. The molecule has 0 fully saturated rings. The minimum absolute atomic E-state index is 0.0535. The molecular weight excluding hydrogens is 262 g/mol. The van der Waals surface area contributed by atoms with Gasteiger partial charge in [-0.3, -0.25) is 10.1 Å². The van der Waals surface area contributed by atoms with Gasteiger partial charge in [-0.25, -0.2) is 4.98 Å². The summed E-state index contributed by atoms with van der Waals surface area (Å²) in [6.07, 6.45) is -0.604. The van der Waals surface area contributed by atoms with Crippen LogP contribution < -0.4 is 10.6 Å². The summed E-state index contributed by atoms with van der Waals surface area (Å²) in [5.41, 5.74) is 0.116. The van der Waals surface area contributed by atoms with Gasteiger partial charge in [0.1, 0.15) is 5.69 Å². The number of nitrogens with one attached hydrogen (secondary N) is 2. The molecule has 0 aromatic carbocycles. The Hall–Kier alpha value is -1.96. The number of nitro groups is 1. The number of anilines is 2. The lowest BCUT2D eigenvalue weighted by atomic mass is 10.1. The van der Waals surface area contributed by atoms with Crippen molar-refractivity contribution in [1.82, 2.24) is 9.97 Å². The monoisotopic (exact) mass is 283 g/mol. The third-order valence-corrected chi connectivity index (χ3v) is 2.82. The second-order valence-corrected chi connectivity index (χ2v) is 4.81. The van der Waals surface area contributed by atoms with Crippen LogP contribution in [0.1, 0.15) is 26.5 Å². The van der Waals surface area contributed by atoms with Crippen LogP contribution in [0.2, 0.25) is 0 Å². The van der Waals surface area contributed by atoms with Crippen molar-refractivity contribution in [3.63, 3.8) is 0 Å². The van der Waals surface area contributed by atoms with Gasteiger partial charge in [-0.05, 0) is 19.8 Å². The molecule has 8 heteroatoms. The van der Waals surface area contributed by atoms with E-state index >= 15 is 0 Å². The number of rotatable bonds is 7. The fraction of sp³-hybridized carbons (Fsp3) is 0.667. The Morgan fingerprint density at radius 3 is 2.50 bits per heavy atom. The summed E-state index contributed by atoms with van der Waals surface area (Å²) >= 11 is 0. The van der Waals surface area contributed by atoms with Crippen molar-refractivity contribution in [2.45, 2.75) is 33.8 Å². The van der Waals surface area contributed by atoms with Crippen LogP contribution in [0.4, 0.5) is 17.5 Å². The number of nitrogens with zero attached hydrogens (tertiary/aromatic N) is 3. The van der Waals surface area contributed by atoms with Crippen LogP contribution in [0.5, 0.6) is 0 Å². The van der Waals surface area contributed by atoms with Gasteiger partial charge in [-0.1, -0.05) is 13.8 Å². The lowest BCUT2D eigenvalue weighted by molar-refractivity contribution is -0.385. The lowest BCUT2D eigenvalue weighted by Gasteiger charge is -2.16. The average molecular weight is 283 g/mol. The van der Waals surface area contributed by atoms with Crippen LogP contribution in [-0.4, -0.2) is 39.2 Å². The van der Waals surface area contributed by atoms with Crippen LogP contribution in [0.15, 0.2) is 0 Å². The maximum absolute atomic E-state index is 11.1. The fourth-order valence-corrected chi connectivity index (χ4v) is 1.58. The minimum Gasteiger partial charge on any atom is -0.391 e. The van der Waals surface area contributed by atoms with Gasteiger partial charge in [0, 0.05) is 13.1 Å². The number of hydrogen-bond donors (Lipinski definition) is 3. The zero-order chi connectivity index (χ0) is 15.3. The van der Waals surface area contributed by atoms with Gasteiger partial charge in [0.05, 0.1) is 11.0 Å². The number of aromatic nitrogens is 2. The molecule has 1 heterocycles. The Bertz CT molecular complexity index is 478. The average Bonchev–Trinajstić information content (AvgIpc) is 2.34. The molecule has 1 aromatic heterocycles. The Labute approximate surface area is 117 Å². The van der Waals surface area contributed by atoms with Crippen molar-refractivity contribution >= 4 is 17.5 Å².